The molecule has 0 bridgehead atoms. The summed E-state index contributed by atoms with van der Waals surface area (Å²) in [4.78, 5) is 5.67. The predicted molar refractivity (Wildman–Crippen MR) is 74.0 cm³/mol. The van der Waals surface area contributed by atoms with Crippen LogP contribution in [0.15, 0.2) is 11.1 Å². The third-order valence-corrected chi connectivity index (χ3v) is 4.19. The van der Waals surface area contributed by atoms with Crippen molar-refractivity contribution in [2.45, 2.75) is 38.5 Å². The lowest BCUT2D eigenvalue weighted by atomic mass is 10.1. The molecule has 84 valence electrons. The Hall–Kier alpha value is 0.0300. The number of pyridine rings is 1. The van der Waals surface area contributed by atoms with E-state index >= 15 is 0 Å². The zero-order valence-corrected chi connectivity index (χ0v) is 12.3. The van der Waals surface area contributed by atoms with E-state index in [9.17, 15) is 0 Å². The zero-order valence-electron chi connectivity index (χ0n) is 9.34. The van der Waals surface area contributed by atoms with Crippen molar-refractivity contribution in [3.8, 4) is 5.88 Å². The van der Waals surface area contributed by atoms with Crippen LogP contribution >= 0.6 is 30.1 Å². The minimum absolute atomic E-state index is 0.791. The summed E-state index contributed by atoms with van der Waals surface area (Å²) >= 11 is 2.33. The van der Waals surface area contributed by atoms with E-state index < -0.39 is 0 Å². The maximum absolute atomic E-state index is 5.41. The van der Waals surface area contributed by atoms with Crippen molar-refractivity contribution in [1.29, 1.82) is 0 Å². The largest absolute Gasteiger partial charge is 0.477 e. The molecule has 0 unspecified atom stereocenters. The van der Waals surface area contributed by atoms with E-state index in [1.54, 1.807) is 8.93 Å². The second-order valence-corrected chi connectivity index (χ2v) is 4.81. The molecule has 1 aliphatic heterocycles. The van der Waals surface area contributed by atoms with Gasteiger partial charge in [0.05, 0.1) is 6.61 Å². The van der Waals surface area contributed by atoms with Gasteiger partial charge in [0.15, 0.2) is 0 Å². The molecule has 0 spiro atoms. The maximum atomic E-state index is 5.41. The number of aryl methyl sites for hydroxylation is 1. The average Bonchev–Trinajstić information content (AvgIpc) is 2.78. The van der Waals surface area contributed by atoms with Crippen molar-refractivity contribution < 1.29 is 4.74 Å². The van der Waals surface area contributed by atoms with Gasteiger partial charge in [0, 0.05) is 44.3 Å². The molecule has 0 radical (unpaired) electrons. The van der Waals surface area contributed by atoms with Crippen molar-refractivity contribution in [3.05, 3.63) is 17.3 Å². The molecule has 0 N–H and O–H groups in total. The van der Waals surface area contributed by atoms with Crippen LogP contribution in [0.4, 0.5) is 0 Å². The Labute approximate surface area is 108 Å². The van der Waals surface area contributed by atoms with E-state index in [1.807, 2.05) is 20.0 Å². The molecule has 0 saturated heterocycles. The Morgan fingerprint density at radius 2 is 2.27 bits per heavy atom. The standard InChI is InChI=1S/C9H10INOS.C2H6/c1-2-6-5-11-9-7(3-4-12-9)8(6)13-10;1-2/h5H,2-4H2,1H3;1-2H3. The van der Waals surface area contributed by atoms with Crippen LogP contribution in [0.5, 0.6) is 5.88 Å². The van der Waals surface area contributed by atoms with E-state index in [0.29, 0.717) is 0 Å². The topological polar surface area (TPSA) is 22.1 Å². The molecule has 0 fully saturated rings. The number of ether oxygens (including phenoxy) is 1. The van der Waals surface area contributed by atoms with Crippen LogP contribution in [-0.4, -0.2) is 11.6 Å². The highest BCUT2D eigenvalue weighted by molar-refractivity contribution is 14.2. The van der Waals surface area contributed by atoms with Crippen molar-refractivity contribution >= 4 is 30.1 Å². The van der Waals surface area contributed by atoms with Gasteiger partial charge in [0.2, 0.25) is 5.88 Å². The van der Waals surface area contributed by atoms with Gasteiger partial charge in [-0.25, -0.2) is 4.98 Å². The third-order valence-electron chi connectivity index (χ3n) is 2.21. The molecule has 0 atom stereocenters. The highest BCUT2D eigenvalue weighted by Gasteiger charge is 2.19. The summed E-state index contributed by atoms with van der Waals surface area (Å²) in [7, 11) is 1.78. The van der Waals surface area contributed by atoms with Crippen LogP contribution in [0.1, 0.15) is 31.9 Å². The van der Waals surface area contributed by atoms with Gasteiger partial charge in [-0.3, -0.25) is 0 Å². The molecule has 2 heterocycles. The van der Waals surface area contributed by atoms with Gasteiger partial charge in [-0.05, 0) is 12.0 Å². The Kier molecular flexibility index (Phi) is 5.74. The molecule has 0 amide bonds. The van der Waals surface area contributed by atoms with E-state index in [-0.39, 0.29) is 0 Å². The first kappa shape index (κ1) is 13.1. The molecule has 0 aliphatic carbocycles. The monoisotopic (exact) mass is 337 g/mol. The molecule has 1 aromatic rings. The van der Waals surface area contributed by atoms with Crippen LogP contribution in [0, 0.1) is 0 Å². The van der Waals surface area contributed by atoms with Gasteiger partial charge in [0.1, 0.15) is 0 Å². The lowest BCUT2D eigenvalue weighted by molar-refractivity contribution is 0.344. The predicted octanol–water partition coefficient (Wildman–Crippen LogP) is 4.05. The summed E-state index contributed by atoms with van der Waals surface area (Å²) in [5.41, 5.74) is 2.64. The molecule has 15 heavy (non-hydrogen) atoms. The van der Waals surface area contributed by atoms with Crippen LogP contribution < -0.4 is 4.74 Å². The number of fused-ring (bicyclic) bond motifs is 1. The minimum Gasteiger partial charge on any atom is -0.477 e. The summed E-state index contributed by atoms with van der Waals surface area (Å²) in [5.74, 6) is 0.844. The average molecular weight is 337 g/mol. The van der Waals surface area contributed by atoms with Crippen molar-refractivity contribution in [2.75, 3.05) is 6.61 Å². The van der Waals surface area contributed by atoms with Crippen LogP contribution in [-0.2, 0) is 12.8 Å². The van der Waals surface area contributed by atoms with E-state index in [2.05, 4.69) is 33.1 Å². The van der Waals surface area contributed by atoms with E-state index in [1.165, 1.54) is 16.0 Å². The fourth-order valence-electron chi connectivity index (χ4n) is 1.51. The van der Waals surface area contributed by atoms with Gasteiger partial charge in [-0.2, -0.15) is 0 Å². The molecule has 0 aromatic carbocycles. The van der Waals surface area contributed by atoms with Gasteiger partial charge in [-0.1, -0.05) is 29.7 Å². The van der Waals surface area contributed by atoms with Gasteiger partial charge < -0.3 is 4.74 Å². The zero-order chi connectivity index (χ0) is 11.3. The van der Waals surface area contributed by atoms with Gasteiger partial charge in [0.25, 0.3) is 0 Å². The summed E-state index contributed by atoms with van der Waals surface area (Å²) in [5, 5.41) is 0. The summed E-state index contributed by atoms with van der Waals surface area (Å²) in [6.07, 6.45) is 4.00. The first-order valence-electron chi connectivity index (χ1n) is 5.29. The van der Waals surface area contributed by atoms with Crippen molar-refractivity contribution in [2.24, 2.45) is 0 Å². The van der Waals surface area contributed by atoms with Crippen molar-refractivity contribution in [1.82, 2.24) is 4.98 Å². The lowest BCUT2D eigenvalue weighted by Gasteiger charge is -2.07. The number of rotatable bonds is 2. The third kappa shape index (κ3) is 2.78. The molecular weight excluding hydrogens is 321 g/mol. The summed E-state index contributed by atoms with van der Waals surface area (Å²) in [6, 6.07) is 0. The van der Waals surface area contributed by atoms with Crippen molar-refractivity contribution in [3.63, 3.8) is 0 Å². The highest BCUT2D eigenvalue weighted by atomic mass is 127. The highest BCUT2D eigenvalue weighted by Crippen LogP contribution is 2.38. The molecule has 1 aromatic heterocycles. The second-order valence-electron chi connectivity index (χ2n) is 2.93. The number of hydrogen-bond acceptors (Lipinski definition) is 3. The number of halogens is 1. The Morgan fingerprint density at radius 1 is 1.53 bits per heavy atom. The first-order valence-corrected chi connectivity index (χ1v) is 8.65. The van der Waals surface area contributed by atoms with E-state index in [0.717, 1.165) is 25.3 Å². The maximum Gasteiger partial charge on any atom is 0.217 e. The fourth-order valence-corrected chi connectivity index (χ4v) is 3.73. The quantitative estimate of drug-likeness (QED) is 0.760. The second kappa shape index (κ2) is 6.58. The van der Waals surface area contributed by atoms with Crippen LogP contribution in [0.25, 0.3) is 0 Å². The Balaban J connectivity index is 0.000000531. The van der Waals surface area contributed by atoms with Crippen LogP contribution in [0.2, 0.25) is 0 Å². The number of aromatic nitrogens is 1. The minimum atomic E-state index is 0.791. The first-order chi connectivity index (χ1) is 7.36. The van der Waals surface area contributed by atoms with Gasteiger partial charge >= 0.3 is 0 Å². The molecule has 2 nitrogen and oxygen atoms in total. The summed E-state index contributed by atoms with van der Waals surface area (Å²) in [6.45, 7) is 6.95. The number of hydrogen-bond donors (Lipinski definition) is 0. The molecule has 2 rings (SSSR count). The van der Waals surface area contributed by atoms with Crippen LogP contribution in [0.3, 0.4) is 0 Å². The molecular formula is C11H16INOS. The smallest absolute Gasteiger partial charge is 0.217 e. The Bertz CT molecular complexity index is 331. The molecule has 4 heteroatoms. The molecule has 1 aliphatic rings. The number of nitrogens with zero attached hydrogens (tertiary/aromatic N) is 1. The normalized spacial score (nSPS) is 12.5. The molecule has 0 saturated carbocycles. The fraction of sp³-hybridized carbons (Fsp3) is 0.545. The van der Waals surface area contributed by atoms with Gasteiger partial charge in [-0.15, -0.1) is 0 Å². The SMILES string of the molecule is CC.CCc1cnc2c(c1SI)CCO2. The summed E-state index contributed by atoms with van der Waals surface area (Å²) < 4.78 is 5.41. The Morgan fingerprint density at radius 3 is 2.87 bits per heavy atom. The van der Waals surface area contributed by atoms with E-state index in [4.69, 9.17) is 4.74 Å². The lowest BCUT2D eigenvalue weighted by Crippen LogP contribution is -1.92.